The minimum atomic E-state index is 0. The van der Waals surface area contributed by atoms with Crippen LogP contribution in [0.3, 0.4) is 0 Å². The van der Waals surface area contributed by atoms with Crippen LogP contribution in [0.1, 0.15) is 18.2 Å². The Morgan fingerprint density at radius 2 is 2.00 bits per heavy atom. The Balaban J connectivity index is 0.00000180. The number of aryl methyl sites for hydroxylation is 1. The number of nitrogens with two attached hydrogens (primary N) is 1. The molecule has 19 heavy (non-hydrogen) atoms. The van der Waals surface area contributed by atoms with Crippen molar-refractivity contribution in [3.05, 3.63) is 41.6 Å². The summed E-state index contributed by atoms with van der Waals surface area (Å²) in [5, 5.41) is 1.20. The molecule has 0 amide bonds. The first-order chi connectivity index (χ1) is 8.60. The molecule has 0 saturated heterocycles. The fourth-order valence-electron chi connectivity index (χ4n) is 2.00. The molecular formula is C15H22ClN3. The minimum absolute atomic E-state index is 0. The molecule has 2 N–H and O–H groups in total. The Morgan fingerprint density at radius 1 is 1.26 bits per heavy atom. The Morgan fingerprint density at radius 3 is 2.68 bits per heavy atom. The molecule has 1 aromatic carbocycles. The van der Waals surface area contributed by atoms with Gasteiger partial charge >= 0.3 is 0 Å². The van der Waals surface area contributed by atoms with Crippen LogP contribution in [-0.2, 0) is 6.54 Å². The van der Waals surface area contributed by atoms with E-state index in [0.29, 0.717) is 12.6 Å². The van der Waals surface area contributed by atoms with Gasteiger partial charge in [0.25, 0.3) is 0 Å². The van der Waals surface area contributed by atoms with E-state index in [0.717, 1.165) is 17.8 Å². The van der Waals surface area contributed by atoms with Gasteiger partial charge in [-0.2, -0.15) is 0 Å². The number of halogens is 1. The minimum Gasteiger partial charge on any atom is -0.329 e. The zero-order valence-corrected chi connectivity index (χ0v) is 12.6. The maximum atomic E-state index is 5.68. The number of hydrogen-bond donors (Lipinski definition) is 1. The van der Waals surface area contributed by atoms with Crippen molar-refractivity contribution in [3.8, 4) is 0 Å². The third kappa shape index (κ3) is 3.90. The molecular weight excluding hydrogens is 258 g/mol. The van der Waals surface area contributed by atoms with Crippen molar-refractivity contribution >= 4 is 23.3 Å². The molecule has 2 rings (SSSR count). The predicted octanol–water partition coefficient (Wildman–Crippen LogP) is 2.74. The molecule has 0 aliphatic carbocycles. The molecule has 0 saturated carbocycles. The normalized spacial score (nSPS) is 12.5. The van der Waals surface area contributed by atoms with Crippen LogP contribution in [0.25, 0.3) is 10.9 Å². The summed E-state index contributed by atoms with van der Waals surface area (Å²) < 4.78 is 0. The summed E-state index contributed by atoms with van der Waals surface area (Å²) in [4.78, 5) is 6.78. The van der Waals surface area contributed by atoms with E-state index in [4.69, 9.17) is 5.73 Å². The number of rotatable bonds is 4. The van der Waals surface area contributed by atoms with Crippen molar-refractivity contribution in [2.75, 3.05) is 13.6 Å². The first-order valence-corrected chi connectivity index (χ1v) is 6.36. The van der Waals surface area contributed by atoms with Gasteiger partial charge in [0.15, 0.2) is 0 Å². The largest absolute Gasteiger partial charge is 0.329 e. The Kier molecular flexibility index (Phi) is 5.73. The van der Waals surface area contributed by atoms with Gasteiger partial charge in [-0.15, -0.1) is 12.4 Å². The van der Waals surface area contributed by atoms with E-state index < -0.39 is 0 Å². The number of nitrogens with zero attached hydrogens (tertiary/aromatic N) is 2. The average Bonchev–Trinajstić information content (AvgIpc) is 2.38. The smallest absolute Gasteiger partial charge is 0.0705 e. The van der Waals surface area contributed by atoms with Crippen LogP contribution in [0.5, 0.6) is 0 Å². The van der Waals surface area contributed by atoms with Gasteiger partial charge in [-0.25, -0.2) is 0 Å². The van der Waals surface area contributed by atoms with E-state index in [2.05, 4.69) is 54.2 Å². The number of likely N-dealkylation sites (N-methyl/N-ethyl adjacent to an activating group) is 1. The summed E-state index contributed by atoms with van der Waals surface area (Å²) in [6, 6.07) is 11.0. The second-order valence-electron chi connectivity index (χ2n) is 4.98. The van der Waals surface area contributed by atoms with Crippen LogP contribution in [0.2, 0.25) is 0 Å². The summed E-state index contributed by atoms with van der Waals surface area (Å²) in [7, 11) is 2.11. The van der Waals surface area contributed by atoms with Crippen molar-refractivity contribution in [2.45, 2.75) is 26.4 Å². The lowest BCUT2D eigenvalue weighted by molar-refractivity contribution is 0.255. The van der Waals surface area contributed by atoms with Crippen LogP contribution in [0.4, 0.5) is 0 Å². The topological polar surface area (TPSA) is 42.1 Å². The van der Waals surface area contributed by atoms with E-state index in [1.807, 2.05) is 6.92 Å². The van der Waals surface area contributed by atoms with Crippen LogP contribution < -0.4 is 5.73 Å². The van der Waals surface area contributed by atoms with Crippen molar-refractivity contribution in [3.63, 3.8) is 0 Å². The van der Waals surface area contributed by atoms with Crippen LogP contribution in [0.15, 0.2) is 30.3 Å². The molecule has 3 nitrogen and oxygen atoms in total. The highest BCUT2D eigenvalue weighted by atomic mass is 35.5. The maximum absolute atomic E-state index is 5.68. The van der Waals surface area contributed by atoms with Gasteiger partial charge < -0.3 is 5.73 Å². The molecule has 0 fully saturated rings. The number of pyridine rings is 1. The van der Waals surface area contributed by atoms with Gasteiger partial charge in [0.1, 0.15) is 0 Å². The van der Waals surface area contributed by atoms with Gasteiger partial charge in [-0.1, -0.05) is 12.1 Å². The molecule has 0 radical (unpaired) electrons. The summed E-state index contributed by atoms with van der Waals surface area (Å²) in [6.45, 7) is 5.77. The molecule has 0 bridgehead atoms. The fourth-order valence-corrected chi connectivity index (χ4v) is 2.00. The van der Waals surface area contributed by atoms with Gasteiger partial charge in [-0.3, -0.25) is 9.88 Å². The molecule has 104 valence electrons. The number of benzene rings is 1. The highest BCUT2D eigenvalue weighted by Gasteiger charge is 2.08. The van der Waals surface area contributed by atoms with E-state index in [9.17, 15) is 0 Å². The third-order valence-corrected chi connectivity index (χ3v) is 3.42. The van der Waals surface area contributed by atoms with Crippen LogP contribution in [-0.4, -0.2) is 29.5 Å². The highest BCUT2D eigenvalue weighted by molar-refractivity contribution is 5.85. The number of hydrogen-bond acceptors (Lipinski definition) is 3. The molecule has 4 heteroatoms. The quantitative estimate of drug-likeness (QED) is 0.936. The number of fused-ring (bicyclic) bond motifs is 1. The molecule has 1 unspecified atom stereocenters. The standard InChI is InChI=1S/C15H21N3.ClH/c1-11-4-6-14-8-13(5-7-15(14)17-11)10-18(3)12(2)9-16;/h4-8,12H,9-10,16H2,1-3H3;1H. The van der Waals surface area contributed by atoms with Gasteiger partial charge in [0.05, 0.1) is 5.52 Å². The Hall–Kier alpha value is -1.16. The van der Waals surface area contributed by atoms with Crippen molar-refractivity contribution < 1.29 is 0 Å². The average molecular weight is 280 g/mol. The van der Waals surface area contributed by atoms with Crippen LogP contribution >= 0.6 is 12.4 Å². The van der Waals surface area contributed by atoms with Crippen LogP contribution in [0, 0.1) is 6.92 Å². The zero-order valence-electron chi connectivity index (χ0n) is 11.8. The van der Waals surface area contributed by atoms with Gasteiger partial charge in [0, 0.05) is 30.2 Å². The second kappa shape index (κ2) is 6.85. The summed E-state index contributed by atoms with van der Waals surface area (Å²) in [5.74, 6) is 0. The Labute approximate surface area is 121 Å². The second-order valence-corrected chi connectivity index (χ2v) is 4.98. The van der Waals surface area contributed by atoms with Crippen molar-refractivity contribution in [1.82, 2.24) is 9.88 Å². The van der Waals surface area contributed by atoms with E-state index >= 15 is 0 Å². The van der Waals surface area contributed by atoms with Gasteiger partial charge in [0.2, 0.25) is 0 Å². The SMILES string of the molecule is Cc1ccc2cc(CN(C)C(C)CN)ccc2n1.Cl. The molecule has 0 aliphatic heterocycles. The first-order valence-electron chi connectivity index (χ1n) is 6.36. The lowest BCUT2D eigenvalue weighted by atomic mass is 10.1. The van der Waals surface area contributed by atoms with E-state index in [1.165, 1.54) is 10.9 Å². The Bertz CT molecular complexity index is 542. The van der Waals surface area contributed by atoms with E-state index in [1.54, 1.807) is 0 Å². The lowest BCUT2D eigenvalue weighted by Crippen LogP contribution is -2.34. The molecule has 0 spiro atoms. The predicted molar refractivity (Wildman–Crippen MR) is 83.7 cm³/mol. The van der Waals surface area contributed by atoms with Gasteiger partial charge in [-0.05, 0) is 44.7 Å². The fraction of sp³-hybridized carbons (Fsp3) is 0.400. The van der Waals surface area contributed by atoms with Crippen molar-refractivity contribution in [2.24, 2.45) is 5.73 Å². The monoisotopic (exact) mass is 279 g/mol. The molecule has 2 aromatic rings. The highest BCUT2D eigenvalue weighted by Crippen LogP contribution is 2.16. The zero-order chi connectivity index (χ0) is 13.1. The maximum Gasteiger partial charge on any atom is 0.0705 e. The molecule has 1 aromatic heterocycles. The van der Waals surface area contributed by atoms with Crippen molar-refractivity contribution in [1.29, 1.82) is 0 Å². The third-order valence-electron chi connectivity index (χ3n) is 3.42. The summed E-state index contributed by atoms with van der Waals surface area (Å²) >= 11 is 0. The number of aromatic nitrogens is 1. The first kappa shape index (κ1) is 15.9. The molecule has 1 heterocycles. The molecule has 1 atom stereocenters. The molecule has 0 aliphatic rings. The summed E-state index contributed by atoms with van der Waals surface area (Å²) in [5.41, 5.74) is 9.11. The summed E-state index contributed by atoms with van der Waals surface area (Å²) in [6.07, 6.45) is 0. The lowest BCUT2D eigenvalue weighted by Gasteiger charge is -2.23. The van der Waals surface area contributed by atoms with E-state index in [-0.39, 0.29) is 12.4 Å².